The van der Waals surface area contributed by atoms with Crippen LogP contribution in [0.25, 0.3) is 0 Å². The molecule has 22 heteroatoms. The minimum Gasteiger partial charge on any atom is -0.394 e. The van der Waals surface area contributed by atoms with Crippen LogP contribution in [0, 0.1) is 0 Å². The lowest BCUT2D eigenvalue weighted by Crippen LogP contribution is -2.69. The Morgan fingerprint density at radius 2 is 1.27 bits per heavy atom. The van der Waals surface area contributed by atoms with Crippen molar-refractivity contribution in [3.63, 3.8) is 0 Å². The van der Waals surface area contributed by atoms with Gasteiger partial charge in [-0.05, 0) is 6.92 Å². The summed E-state index contributed by atoms with van der Waals surface area (Å²) in [7, 11) is 0. The van der Waals surface area contributed by atoms with E-state index in [1.165, 1.54) is 0 Å². The van der Waals surface area contributed by atoms with Gasteiger partial charge in [-0.15, -0.1) is 0 Å². The van der Waals surface area contributed by atoms with Crippen molar-refractivity contribution in [3.8, 4) is 0 Å². The third kappa shape index (κ3) is 9.97. The van der Waals surface area contributed by atoms with Crippen molar-refractivity contribution >= 4 is 5.91 Å². The number of aliphatic hydroxyl groups is 13. The van der Waals surface area contributed by atoms with Crippen LogP contribution in [0.2, 0.25) is 0 Å². The first-order valence-electron chi connectivity index (χ1n) is 15.5. The summed E-state index contributed by atoms with van der Waals surface area (Å²) in [6.45, 7) is -1.45. The van der Waals surface area contributed by atoms with Crippen LogP contribution >= 0.6 is 0 Å². The van der Waals surface area contributed by atoms with Crippen LogP contribution < -0.4 is 5.32 Å². The van der Waals surface area contributed by atoms with Crippen LogP contribution in [0.1, 0.15) is 13.8 Å². The molecule has 3 saturated heterocycles. The smallest absolute Gasteiger partial charge is 0.217 e. The lowest BCUT2D eigenvalue weighted by Gasteiger charge is -2.49. The van der Waals surface area contributed by atoms with E-state index in [9.17, 15) is 71.2 Å². The summed E-state index contributed by atoms with van der Waals surface area (Å²) >= 11 is 0. The van der Waals surface area contributed by atoms with Crippen LogP contribution in [0.4, 0.5) is 0 Å². The molecule has 3 rings (SSSR count). The largest absolute Gasteiger partial charge is 0.394 e. The molecule has 0 aliphatic carbocycles. The molecule has 0 radical (unpaired) electrons. The van der Waals surface area contributed by atoms with E-state index in [-0.39, 0.29) is 0 Å². The topological polar surface area (TPSA) is 357 Å². The van der Waals surface area contributed by atoms with Crippen molar-refractivity contribution in [2.45, 2.75) is 131 Å². The molecule has 1 amide bonds. The van der Waals surface area contributed by atoms with Crippen LogP contribution in [-0.4, -0.2) is 222 Å². The number of rotatable bonds is 16. The van der Waals surface area contributed by atoms with Gasteiger partial charge in [0, 0.05) is 6.92 Å². The van der Waals surface area contributed by atoms with Gasteiger partial charge in [0.2, 0.25) is 5.91 Å². The van der Waals surface area contributed by atoms with Gasteiger partial charge < -0.3 is 105 Å². The quantitative estimate of drug-likeness (QED) is 0.0657. The second kappa shape index (κ2) is 19.0. The fourth-order valence-electron chi connectivity index (χ4n) is 5.60. The first kappa shape index (κ1) is 42.1. The van der Waals surface area contributed by atoms with E-state index in [4.69, 9.17) is 33.2 Å². The van der Waals surface area contributed by atoms with Gasteiger partial charge in [0.15, 0.2) is 25.2 Å². The second-order valence-corrected chi connectivity index (χ2v) is 11.9. The standard InChI is InChI=1S/C27H49NO21/c1-8(33)14(35)19(40)26(43-4-3-29)47-21-12(7-32)46-25(13(16(21)37)28-9(2)34)49-23-15(36)10(5-30)45-27(20(23)41)48-22-11(6-31)44-24(42)18(39)17(22)38/h8,10-27,29-33,35-42H,3-7H2,1-2H3,(H,28,34)/t8-,10?,11?,12?,13-,14?,15-,16?,17?,18-,19-,20-,21+,22+,23?,24?,25-,26-,27-/m0/s1. The van der Waals surface area contributed by atoms with Gasteiger partial charge in [-0.25, -0.2) is 0 Å². The Labute approximate surface area is 279 Å². The molecule has 22 nitrogen and oxygen atoms in total. The highest BCUT2D eigenvalue weighted by Crippen LogP contribution is 2.33. The third-order valence-corrected chi connectivity index (χ3v) is 8.25. The summed E-state index contributed by atoms with van der Waals surface area (Å²) < 4.78 is 38.5. The molecule has 0 spiro atoms. The Kier molecular flexibility index (Phi) is 16.3. The first-order chi connectivity index (χ1) is 23.1. The van der Waals surface area contributed by atoms with Crippen molar-refractivity contribution in [1.29, 1.82) is 0 Å². The van der Waals surface area contributed by atoms with E-state index >= 15 is 0 Å². The third-order valence-electron chi connectivity index (χ3n) is 8.25. The summed E-state index contributed by atoms with van der Waals surface area (Å²) in [5, 5.41) is 136. The zero-order chi connectivity index (χ0) is 36.7. The van der Waals surface area contributed by atoms with Crippen LogP contribution in [0.3, 0.4) is 0 Å². The molecule has 3 aliphatic heterocycles. The van der Waals surface area contributed by atoms with Gasteiger partial charge >= 0.3 is 0 Å². The first-order valence-corrected chi connectivity index (χ1v) is 15.5. The van der Waals surface area contributed by atoms with Crippen molar-refractivity contribution in [2.75, 3.05) is 33.0 Å². The van der Waals surface area contributed by atoms with Gasteiger partial charge in [0.1, 0.15) is 85.4 Å². The van der Waals surface area contributed by atoms with E-state index in [0.29, 0.717) is 0 Å². The number of carbonyl (C=O) groups excluding carboxylic acids is 1. The van der Waals surface area contributed by atoms with E-state index in [1.54, 1.807) is 0 Å². The molecule has 3 heterocycles. The fourth-order valence-corrected chi connectivity index (χ4v) is 5.60. The Morgan fingerprint density at radius 3 is 1.82 bits per heavy atom. The monoisotopic (exact) mass is 723 g/mol. The highest BCUT2D eigenvalue weighted by Gasteiger charge is 2.54. The summed E-state index contributed by atoms with van der Waals surface area (Å²) in [5.74, 6) is -0.760. The van der Waals surface area contributed by atoms with Gasteiger partial charge in [0.25, 0.3) is 0 Å². The molecule has 3 aliphatic rings. The molecule has 8 unspecified atom stereocenters. The molecular weight excluding hydrogens is 674 g/mol. The van der Waals surface area contributed by atoms with Crippen molar-refractivity contribution in [3.05, 3.63) is 0 Å². The van der Waals surface area contributed by atoms with Crippen LogP contribution in [0.5, 0.6) is 0 Å². The maximum atomic E-state index is 12.2. The van der Waals surface area contributed by atoms with Crippen LogP contribution in [-0.2, 0) is 38.0 Å². The molecule has 288 valence electrons. The zero-order valence-electron chi connectivity index (χ0n) is 26.6. The molecular formula is C27H49NO21. The minimum absolute atomic E-state index is 0.444. The fraction of sp³-hybridized carbons (Fsp3) is 0.963. The predicted molar refractivity (Wildman–Crippen MR) is 152 cm³/mol. The number of hydrogen-bond acceptors (Lipinski definition) is 21. The van der Waals surface area contributed by atoms with Crippen molar-refractivity contribution in [2.24, 2.45) is 0 Å². The van der Waals surface area contributed by atoms with E-state index in [2.05, 4.69) is 5.32 Å². The average molecular weight is 724 g/mol. The normalized spacial score (nSPS) is 42.6. The van der Waals surface area contributed by atoms with Crippen LogP contribution in [0.15, 0.2) is 0 Å². The second-order valence-electron chi connectivity index (χ2n) is 11.9. The molecule has 14 N–H and O–H groups in total. The summed E-state index contributed by atoms with van der Waals surface area (Å²) in [5.41, 5.74) is 0. The molecule has 19 atom stereocenters. The maximum absolute atomic E-state index is 12.2. The number of aliphatic hydroxyl groups excluding tert-OH is 13. The SMILES string of the molecule is CC(=O)N[C@H]1C(O)[C@H](O[C@H](OCCO)[C@@H](O)C(O)[C@H](C)O)C(CO)O[C@H]1OC1[C@@H](O)C(CO)O[C@@H](O[C@@H]2C(CO)OC(O)[C@@H](O)C2O)[C@H]1O. The highest BCUT2D eigenvalue weighted by molar-refractivity contribution is 5.73. The van der Waals surface area contributed by atoms with E-state index < -0.39 is 156 Å². The zero-order valence-corrected chi connectivity index (χ0v) is 26.6. The minimum atomic E-state index is -2.03. The van der Waals surface area contributed by atoms with Crippen molar-refractivity contribution in [1.82, 2.24) is 5.32 Å². The lowest BCUT2D eigenvalue weighted by atomic mass is 9.94. The number of carbonyl (C=O) groups is 1. The Hall–Kier alpha value is -1.33. The maximum Gasteiger partial charge on any atom is 0.217 e. The number of ether oxygens (including phenoxy) is 7. The number of amides is 1. The van der Waals surface area contributed by atoms with Gasteiger partial charge in [-0.3, -0.25) is 4.79 Å². The number of nitrogens with one attached hydrogen (secondary N) is 1. The molecule has 3 fully saturated rings. The summed E-state index contributed by atoms with van der Waals surface area (Å²) in [6, 6.07) is -1.62. The molecule has 0 aromatic rings. The van der Waals surface area contributed by atoms with Gasteiger partial charge in [-0.2, -0.15) is 0 Å². The number of hydrogen-bond donors (Lipinski definition) is 14. The Morgan fingerprint density at radius 1 is 0.694 bits per heavy atom. The highest BCUT2D eigenvalue weighted by atomic mass is 16.8. The molecule has 0 bridgehead atoms. The molecule has 0 aromatic heterocycles. The van der Waals surface area contributed by atoms with Gasteiger partial charge in [0.05, 0.1) is 39.1 Å². The van der Waals surface area contributed by atoms with E-state index in [0.717, 1.165) is 13.8 Å². The molecule has 49 heavy (non-hydrogen) atoms. The van der Waals surface area contributed by atoms with Crippen molar-refractivity contribution < 1.29 is 104 Å². The molecule has 0 saturated carbocycles. The average Bonchev–Trinajstić information content (AvgIpc) is 3.07. The predicted octanol–water partition coefficient (Wildman–Crippen LogP) is -8.97. The summed E-state index contributed by atoms with van der Waals surface area (Å²) in [6.07, 6.45) is -32.0. The molecule has 0 aromatic carbocycles. The Balaban J connectivity index is 1.88. The Bertz CT molecular complexity index is 996. The van der Waals surface area contributed by atoms with E-state index in [1.807, 2.05) is 0 Å². The lowest BCUT2D eigenvalue weighted by molar-refractivity contribution is -0.376. The van der Waals surface area contributed by atoms with Gasteiger partial charge in [-0.1, -0.05) is 0 Å². The summed E-state index contributed by atoms with van der Waals surface area (Å²) in [4.78, 5) is 12.2.